The van der Waals surface area contributed by atoms with Gasteiger partial charge in [0.2, 0.25) is 0 Å². The number of hydrogen-bond donors (Lipinski definition) is 2. The molecule has 0 radical (unpaired) electrons. The maximum absolute atomic E-state index is 13.0. The molecule has 1 atom stereocenters. The third-order valence-corrected chi connectivity index (χ3v) is 4.17. The Hall–Kier alpha value is -2.65. The Morgan fingerprint density at radius 1 is 1.48 bits per heavy atom. The van der Waals surface area contributed by atoms with Crippen molar-refractivity contribution in [3.8, 4) is 0 Å². The van der Waals surface area contributed by atoms with Crippen LogP contribution in [0, 0.1) is 6.92 Å². The second-order valence-electron chi connectivity index (χ2n) is 5.85. The van der Waals surface area contributed by atoms with Gasteiger partial charge in [-0.25, -0.2) is 0 Å². The van der Waals surface area contributed by atoms with E-state index in [9.17, 15) is 18.0 Å². The van der Waals surface area contributed by atoms with Crippen LogP contribution in [-0.4, -0.2) is 45.4 Å². The van der Waals surface area contributed by atoms with E-state index in [1.807, 2.05) is 11.0 Å². The van der Waals surface area contributed by atoms with E-state index in [0.29, 0.717) is 5.82 Å². The van der Waals surface area contributed by atoms with Crippen LogP contribution in [0.5, 0.6) is 0 Å². The van der Waals surface area contributed by atoms with E-state index in [4.69, 9.17) is 0 Å². The molecule has 1 amide bonds. The maximum atomic E-state index is 13.0. The minimum atomic E-state index is -4.68. The van der Waals surface area contributed by atoms with Gasteiger partial charge in [-0.05, 0) is 31.9 Å². The van der Waals surface area contributed by atoms with Gasteiger partial charge in [-0.3, -0.25) is 9.89 Å². The average molecular weight is 354 g/mol. The molecule has 0 aliphatic carbocycles. The Balaban J connectivity index is 1.70. The van der Waals surface area contributed by atoms with Gasteiger partial charge in [0.25, 0.3) is 5.91 Å². The molecular weight excluding hydrogens is 337 g/mol. The zero-order valence-electron chi connectivity index (χ0n) is 13.5. The predicted molar refractivity (Wildman–Crippen MR) is 83.1 cm³/mol. The summed E-state index contributed by atoms with van der Waals surface area (Å²) >= 11 is 0. The van der Waals surface area contributed by atoms with Crippen LogP contribution in [0.4, 0.5) is 19.0 Å². The first-order valence-corrected chi connectivity index (χ1v) is 7.82. The van der Waals surface area contributed by atoms with Crippen molar-refractivity contribution in [2.45, 2.75) is 32.0 Å². The molecule has 3 heterocycles. The first-order valence-electron chi connectivity index (χ1n) is 7.82. The van der Waals surface area contributed by atoms with Crippen molar-refractivity contribution in [1.82, 2.24) is 25.7 Å². The lowest BCUT2D eigenvalue weighted by molar-refractivity contribution is -0.141. The van der Waals surface area contributed by atoms with Crippen molar-refractivity contribution < 1.29 is 18.0 Å². The number of hydrogen-bond acceptors (Lipinski definition) is 5. The summed E-state index contributed by atoms with van der Waals surface area (Å²) in [6.45, 7) is 2.37. The quantitative estimate of drug-likeness (QED) is 0.876. The van der Waals surface area contributed by atoms with Gasteiger partial charge in [0.1, 0.15) is 0 Å². The summed E-state index contributed by atoms with van der Waals surface area (Å²) < 4.78 is 38.9. The third-order valence-electron chi connectivity index (χ3n) is 4.17. The molecule has 3 rings (SSSR count). The van der Waals surface area contributed by atoms with Gasteiger partial charge in [-0.15, -0.1) is 5.10 Å². The fraction of sp³-hybridized carbons (Fsp3) is 0.467. The minimum absolute atomic E-state index is 0.0396. The third kappa shape index (κ3) is 3.57. The summed E-state index contributed by atoms with van der Waals surface area (Å²) in [7, 11) is 0. The molecule has 1 unspecified atom stereocenters. The highest BCUT2D eigenvalue weighted by atomic mass is 19.4. The number of rotatable bonds is 4. The largest absolute Gasteiger partial charge is 0.435 e. The number of anilines is 1. The van der Waals surface area contributed by atoms with Crippen LogP contribution < -0.4 is 10.2 Å². The maximum Gasteiger partial charge on any atom is 0.435 e. The first kappa shape index (κ1) is 17.2. The van der Waals surface area contributed by atoms with E-state index in [1.165, 1.54) is 6.92 Å². The first-order chi connectivity index (χ1) is 11.9. The smallest absolute Gasteiger partial charge is 0.350 e. The number of carbonyl (C=O) groups excluding carboxylic acids is 1. The minimum Gasteiger partial charge on any atom is -0.350 e. The number of aromatic amines is 1. The van der Waals surface area contributed by atoms with E-state index < -0.39 is 23.3 Å². The fourth-order valence-electron chi connectivity index (χ4n) is 3.01. The molecule has 0 spiro atoms. The molecule has 1 aliphatic rings. The summed E-state index contributed by atoms with van der Waals surface area (Å²) in [5.41, 5.74) is -1.57. The van der Waals surface area contributed by atoms with Crippen LogP contribution in [0.25, 0.3) is 0 Å². The molecule has 1 fully saturated rings. The number of nitrogens with one attached hydrogen (secondary N) is 2. The van der Waals surface area contributed by atoms with Crippen LogP contribution in [0.2, 0.25) is 0 Å². The Bertz CT molecular complexity index is 745. The lowest BCUT2D eigenvalue weighted by Crippen LogP contribution is -2.41. The standard InChI is InChI=1S/C15H17F3N6O/c1-9-12(13(23-21-9)15(16,17)18)14(25)19-8-10-4-3-7-24(10)11-5-2-6-20-22-11/h2,5-6,10H,3-4,7-8H2,1H3,(H,19,25)(H,21,23). The highest BCUT2D eigenvalue weighted by Crippen LogP contribution is 2.31. The van der Waals surface area contributed by atoms with E-state index in [2.05, 4.69) is 25.7 Å². The Kier molecular flexibility index (Phi) is 4.60. The lowest BCUT2D eigenvalue weighted by Gasteiger charge is -2.25. The Morgan fingerprint density at radius 3 is 2.96 bits per heavy atom. The van der Waals surface area contributed by atoms with Crippen molar-refractivity contribution in [2.75, 3.05) is 18.0 Å². The van der Waals surface area contributed by atoms with E-state index >= 15 is 0 Å². The van der Waals surface area contributed by atoms with Gasteiger partial charge in [-0.2, -0.15) is 23.4 Å². The van der Waals surface area contributed by atoms with Gasteiger partial charge in [0.05, 0.1) is 5.56 Å². The summed E-state index contributed by atoms with van der Waals surface area (Å²) in [6.07, 6.45) is -1.39. The SMILES string of the molecule is Cc1[nH]nc(C(F)(F)F)c1C(=O)NCC1CCCN1c1cccnn1. The van der Waals surface area contributed by atoms with Crippen LogP contribution in [0.3, 0.4) is 0 Å². The van der Waals surface area contributed by atoms with Crippen molar-refractivity contribution in [1.29, 1.82) is 0 Å². The van der Waals surface area contributed by atoms with Gasteiger partial charge < -0.3 is 10.2 Å². The summed E-state index contributed by atoms with van der Waals surface area (Å²) in [5, 5.41) is 15.9. The van der Waals surface area contributed by atoms with Crippen molar-refractivity contribution in [2.24, 2.45) is 0 Å². The molecule has 1 saturated heterocycles. The molecule has 1 aliphatic heterocycles. The van der Waals surface area contributed by atoms with Crippen molar-refractivity contribution >= 4 is 11.7 Å². The number of nitrogens with zero attached hydrogens (tertiary/aromatic N) is 4. The summed E-state index contributed by atoms with van der Waals surface area (Å²) in [6, 6.07) is 3.54. The second kappa shape index (κ2) is 6.69. The average Bonchev–Trinajstić information content (AvgIpc) is 3.19. The Labute approximate surface area is 141 Å². The normalized spacial score (nSPS) is 17.8. The predicted octanol–water partition coefficient (Wildman–Crippen LogP) is 1.93. The molecule has 2 aromatic heterocycles. The molecule has 0 saturated carbocycles. The van der Waals surface area contributed by atoms with Crippen LogP contribution >= 0.6 is 0 Å². The number of amides is 1. The number of aromatic nitrogens is 4. The van der Waals surface area contributed by atoms with E-state index in [0.717, 1.165) is 19.4 Å². The van der Waals surface area contributed by atoms with E-state index in [1.54, 1.807) is 12.3 Å². The monoisotopic (exact) mass is 354 g/mol. The van der Waals surface area contributed by atoms with Gasteiger partial charge in [0, 0.05) is 31.0 Å². The number of halogens is 3. The van der Waals surface area contributed by atoms with Crippen LogP contribution in [-0.2, 0) is 6.18 Å². The number of H-pyrrole nitrogens is 1. The van der Waals surface area contributed by atoms with Gasteiger partial charge >= 0.3 is 6.18 Å². The van der Waals surface area contributed by atoms with Crippen LogP contribution in [0.15, 0.2) is 18.3 Å². The molecule has 2 aromatic rings. The highest BCUT2D eigenvalue weighted by Gasteiger charge is 2.39. The fourth-order valence-corrected chi connectivity index (χ4v) is 3.01. The molecule has 7 nitrogen and oxygen atoms in total. The molecule has 25 heavy (non-hydrogen) atoms. The second-order valence-corrected chi connectivity index (χ2v) is 5.85. The topological polar surface area (TPSA) is 86.8 Å². The van der Waals surface area contributed by atoms with Gasteiger partial charge in [-0.1, -0.05) is 0 Å². The zero-order chi connectivity index (χ0) is 18.0. The molecule has 10 heteroatoms. The van der Waals surface area contributed by atoms with Crippen molar-refractivity contribution in [3.05, 3.63) is 35.3 Å². The highest BCUT2D eigenvalue weighted by molar-refractivity contribution is 5.96. The molecule has 0 aromatic carbocycles. The zero-order valence-corrected chi connectivity index (χ0v) is 13.5. The van der Waals surface area contributed by atoms with Gasteiger partial charge in [0.15, 0.2) is 11.5 Å². The lowest BCUT2D eigenvalue weighted by atomic mass is 10.1. The van der Waals surface area contributed by atoms with Crippen LogP contribution in [0.1, 0.15) is 34.6 Å². The molecular formula is C15H17F3N6O. The van der Waals surface area contributed by atoms with E-state index in [-0.39, 0.29) is 18.3 Å². The number of alkyl halides is 3. The number of aryl methyl sites for hydroxylation is 1. The number of carbonyl (C=O) groups is 1. The molecule has 134 valence electrons. The summed E-state index contributed by atoms with van der Waals surface area (Å²) in [5.74, 6) is -0.0979. The summed E-state index contributed by atoms with van der Waals surface area (Å²) in [4.78, 5) is 14.3. The van der Waals surface area contributed by atoms with Crippen molar-refractivity contribution in [3.63, 3.8) is 0 Å². The molecule has 2 N–H and O–H groups in total. The molecule has 0 bridgehead atoms. The Morgan fingerprint density at radius 2 is 2.28 bits per heavy atom.